The van der Waals surface area contributed by atoms with Crippen LogP contribution in [0.15, 0.2) is 65.8 Å². The van der Waals surface area contributed by atoms with E-state index in [1.165, 1.54) is 11.8 Å². The summed E-state index contributed by atoms with van der Waals surface area (Å²) in [5, 5.41) is 13.7. The van der Waals surface area contributed by atoms with Gasteiger partial charge < -0.3 is 10.1 Å². The minimum absolute atomic E-state index is 0.105. The number of carbonyl (C=O) groups is 1. The Balaban J connectivity index is 1.68. The monoisotopic (exact) mass is 532 g/mol. The molecule has 1 heterocycles. The maximum Gasteiger partial charge on any atom is 0.234 e. The molecule has 0 aliphatic heterocycles. The van der Waals surface area contributed by atoms with Gasteiger partial charge in [0.1, 0.15) is 5.75 Å². The van der Waals surface area contributed by atoms with E-state index in [9.17, 15) is 4.79 Å². The Hall–Kier alpha value is -2.71. The second kappa shape index (κ2) is 10.7. The van der Waals surface area contributed by atoms with Crippen LogP contribution in [0.5, 0.6) is 5.75 Å². The Bertz CT molecular complexity index is 1360. The van der Waals surface area contributed by atoms with Crippen LogP contribution in [0.3, 0.4) is 0 Å². The summed E-state index contributed by atoms with van der Waals surface area (Å²) < 4.78 is 7.38. The van der Waals surface area contributed by atoms with E-state index < -0.39 is 0 Å². The number of aromatic nitrogens is 3. The molecule has 0 bridgehead atoms. The highest BCUT2D eigenvalue weighted by atomic mass is 35.5. The molecule has 0 atom stereocenters. The van der Waals surface area contributed by atoms with Crippen LogP contribution in [0, 0.1) is 6.92 Å². The number of rotatable bonds is 7. The number of anilines is 1. The van der Waals surface area contributed by atoms with E-state index in [4.69, 9.17) is 39.5 Å². The molecule has 0 unspecified atom stereocenters. The van der Waals surface area contributed by atoms with Crippen molar-refractivity contribution >= 4 is 58.2 Å². The lowest BCUT2D eigenvalue weighted by molar-refractivity contribution is -0.113. The highest BCUT2D eigenvalue weighted by Crippen LogP contribution is 2.36. The van der Waals surface area contributed by atoms with E-state index in [2.05, 4.69) is 15.5 Å². The molecule has 0 fully saturated rings. The number of ether oxygens (including phenoxy) is 1. The van der Waals surface area contributed by atoms with Crippen molar-refractivity contribution in [2.75, 3.05) is 18.2 Å². The van der Waals surface area contributed by atoms with Gasteiger partial charge in [0.15, 0.2) is 11.0 Å². The van der Waals surface area contributed by atoms with Crippen LogP contribution in [0.2, 0.25) is 15.1 Å². The van der Waals surface area contributed by atoms with E-state index >= 15 is 0 Å². The number of methoxy groups -OCH3 is 1. The number of amides is 1. The van der Waals surface area contributed by atoms with Gasteiger partial charge in [-0.05, 0) is 55.0 Å². The number of hydrogen-bond donors (Lipinski definition) is 1. The summed E-state index contributed by atoms with van der Waals surface area (Å²) in [5.74, 6) is 1.03. The molecule has 0 aliphatic carbocycles. The smallest absolute Gasteiger partial charge is 0.234 e. The molecule has 4 rings (SSSR count). The molecule has 1 N–H and O–H groups in total. The first kappa shape index (κ1) is 24.4. The van der Waals surface area contributed by atoms with Crippen LogP contribution in [-0.4, -0.2) is 33.5 Å². The van der Waals surface area contributed by atoms with Crippen LogP contribution in [0.4, 0.5) is 5.69 Å². The third-order valence-electron chi connectivity index (χ3n) is 5.01. The highest BCUT2D eigenvalue weighted by molar-refractivity contribution is 7.99. The molecule has 0 spiro atoms. The summed E-state index contributed by atoms with van der Waals surface area (Å²) in [6.07, 6.45) is 0. The van der Waals surface area contributed by atoms with Gasteiger partial charge in [0.2, 0.25) is 5.91 Å². The number of carbonyl (C=O) groups excluding carboxylic acids is 1. The number of para-hydroxylation sites is 2. The van der Waals surface area contributed by atoms with E-state index in [0.717, 1.165) is 5.56 Å². The Morgan fingerprint density at radius 2 is 1.82 bits per heavy atom. The first-order chi connectivity index (χ1) is 16.4. The zero-order valence-corrected chi connectivity index (χ0v) is 21.3. The third kappa shape index (κ3) is 5.18. The standard InChI is InChI=1S/C24H19Cl3N4O2S/c1-14-17(26)6-5-7-19(14)28-22(32)13-34-24-30-29-23(16-11-10-15(25)12-18(16)27)31(24)20-8-3-4-9-21(20)33-2/h3-12H,13H2,1-2H3,(H,28,32). The summed E-state index contributed by atoms with van der Waals surface area (Å²) in [7, 11) is 1.59. The van der Waals surface area contributed by atoms with E-state index in [-0.39, 0.29) is 11.7 Å². The molecule has 0 saturated heterocycles. The summed E-state index contributed by atoms with van der Waals surface area (Å²) in [6, 6.07) is 18.0. The number of thioether (sulfide) groups is 1. The molecule has 4 aromatic rings. The molecule has 34 heavy (non-hydrogen) atoms. The molecular formula is C24H19Cl3N4O2S. The molecule has 174 valence electrons. The van der Waals surface area contributed by atoms with E-state index in [0.29, 0.717) is 48.7 Å². The van der Waals surface area contributed by atoms with Gasteiger partial charge in [0, 0.05) is 21.3 Å². The summed E-state index contributed by atoms with van der Waals surface area (Å²) in [4.78, 5) is 12.7. The van der Waals surface area contributed by atoms with Crippen LogP contribution in [0.25, 0.3) is 17.1 Å². The molecule has 0 aliphatic rings. The van der Waals surface area contributed by atoms with Crippen LogP contribution in [0.1, 0.15) is 5.56 Å². The van der Waals surface area contributed by atoms with Crippen molar-refractivity contribution in [2.24, 2.45) is 0 Å². The molecule has 0 radical (unpaired) electrons. The van der Waals surface area contributed by atoms with Crippen molar-refractivity contribution in [3.8, 4) is 22.8 Å². The molecular weight excluding hydrogens is 515 g/mol. The number of hydrogen-bond acceptors (Lipinski definition) is 5. The van der Waals surface area contributed by atoms with Gasteiger partial charge in [-0.15, -0.1) is 10.2 Å². The van der Waals surface area contributed by atoms with Crippen molar-refractivity contribution in [1.82, 2.24) is 14.8 Å². The predicted octanol–water partition coefficient (Wildman–Crippen LogP) is 6.94. The van der Waals surface area contributed by atoms with Crippen LogP contribution in [-0.2, 0) is 4.79 Å². The molecule has 1 aromatic heterocycles. The number of benzene rings is 3. The van der Waals surface area contributed by atoms with Gasteiger partial charge >= 0.3 is 0 Å². The van der Waals surface area contributed by atoms with Crippen LogP contribution < -0.4 is 10.1 Å². The fraction of sp³-hybridized carbons (Fsp3) is 0.125. The van der Waals surface area contributed by atoms with Gasteiger partial charge in [-0.3, -0.25) is 9.36 Å². The van der Waals surface area contributed by atoms with Gasteiger partial charge in [0.25, 0.3) is 0 Å². The Morgan fingerprint density at radius 3 is 2.59 bits per heavy atom. The molecule has 10 heteroatoms. The zero-order valence-electron chi connectivity index (χ0n) is 18.2. The predicted molar refractivity (Wildman–Crippen MR) is 139 cm³/mol. The first-order valence-electron chi connectivity index (χ1n) is 10.1. The first-order valence-corrected chi connectivity index (χ1v) is 12.2. The lowest BCUT2D eigenvalue weighted by atomic mass is 10.2. The van der Waals surface area contributed by atoms with Gasteiger partial charge in [-0.25, -0.2) is 0 Å². The normalized spacial score (nSPS) is 10.9. The zero-order chi connectivity index (χ0) is 24.2. The average Bonchev–Trinajstić information content (AvgIpc) is 3.24. The molecule has 1 amide bonds. The number of halogens is 3. The summed E-state index contributed by atoms with van der Waals surface area (Å²) in [5.41, 5.74) is 2.83. The van der Waals surface area contributed by atoms with Crippen molar-refractivity contribution in [3.05, 3.63) is 81.3 Å². The maximum absolute atomic E-state index is 12.7. The van der Waals surface area contributed by atoms with Gasteiger partial charge in [-0.2, -0.15) is 0 Å². The molecule has 3 aromatic carbocycles. The summed E-state index contributed by atoms with van der Waals surface area (Å²) in [6.45, 7) is 1.85. The second-order valence-corrected chi connectivity index (χ2v) is 9.38. The molecule has 0 saturated carbocycles. The molecule has 6 nitrogen and oxygen atoms in total. The fourth-order valence-electron chi connectivity index (χ4n) is 3.30. The SMILES string of the molecule is COc1ccccc1-n1c(SCC(=O)Nc2cccc(Cl)c2C)nnc1-c1ccc(Cl)cc1Cl. The van der Waals surface area contributed by atoms with E-state index in [1.54, 1.807) is 37.4 Å². The Morgan fingerprint density at radius 1 is 1.03 bits per heavy atom. The number of nitrogens with zero attached hydrogens (tertiary/aromatic N) is 3. The van der Waals surface area contributed by atoms with Crippen molar-refractivity contribution in [3.63, 3.8) is 0 Å². The van der Waals surface area contributed by atoms with Crippen LogP contribution >= 0.6 is 46.6 Å². The minimum atomic E-state index is -0.198. The van der Waals surface area contributed by atoms with Gasteiger partial charge in [0.05, 0.1) is 23.6 Å². The van der Waals surface area contributed by atoms with Gasteiger partial charge in [-0.1, -0.05) is 64.8 Å². The third-order valence-corrected chi connectivity index (χ3v) is 6.89. The average molecular weight is 534 g/mol. The Labute approximate surface area is 216 Å². The fourth-order valence-corrected chi connectivity index (χ4v) is 4.71. The quantitative estimate of drug-likeness (QED) is 0.261. The summed E-state index contributed by atoms with van der Waals surface area (Å²) >= 11 is 20.0. The second-order valence-electron chi connectivity index (χ2n) is 7.19. The lowest BCUT2D eigenvalue weighted by Crippen LogP contribution is -2.15. The Kier molecular flexibility index (Phi) is 7.68. The van der Waals surface area contributed by atoms with Crippen molar-refractivity contribution in [1.29, 1.82) is 0 Å². The minimum Gasteiger partial charge on any atom is -0.495 e. The lowest BCUT2D eigenvalue weighted by Gasteiger charge is -2.14. The van der Waals surface area contributed by atoms with E-state index in [1.807, 2.05) is 41.8 Å². The number of nitrogens with one attached hydrogen (secondary N) is 1. The van der Waals surface area contributed by atoms with Crippen molar-refractivity contribution < 1.29 is 9.53 Å². The maximum atomic E-state index is 12.7. The highest BCUT2D eigenvalue weighted by Gasteiger charge is 2.21. The topological polar surface area (TPSA) is 69.0 Å². The van der Waals surface area contributed by atoms with Crippen molar-refractivity contribution in [2.45, 2.75) is 12.1 Å². The largest absolute Gasteiger partial charge is 0.495 e.